The molecule has 1 atom stereocenters. The Kier molecular flexibility index (Phi) is 14.2. The Hall–Kier alpha value is -6.09. The maximum Gasteiger partial charge on any atom is 0.278 e. The molecule has 4 saturated heterocycles. The highest BCUT2D eigenvalue weighted by molar-refractivity contribution is 6.31. The van der Waals surface area contributed by atoms with Gasteiger partial charge in [0.15, 0.2) is 0 Å². The third-order valence-corrected chi connectivity index (χ3v) is 15.7. The highest BCUT2D eigenvalue weighted by atomic mass is 35.5. The zero-order valence-corrected chi connectivity index (χ0v) is 41.3. The van der Waals surface area contributed by atoms with Crippen molar-refractivity contribution in [3.63, 3.8) is 0 Å². The first-order valence-corrected chi connectivity index (χ1v) is 25.1. The summed E-state index contributed by atoms with van der Waals surface area (Å²) in [5.74, 6) is -0.255. The van der Waals surface area contributed by atoms with Crippen molar-refractivity contribution in [2.45, 2.75) is 96.9 Å². The normalized spacial score (nSPS) is 23.1. The molecule has 1 aromatic heterocycles. The summed E-state index contributed by atoms with van der Waals surface area (Å²) >= 11 is 6.26. The Balaban J connectivity index is 0.655. The lowest BCUT2D eigenvalue weighted by Gasteiger charge is -2.63. The van der Waals surface area contributed by atoms with Gasteiger partial charge in [-0.25, -0.2) is 0 Å². The standard InChI is InChI=1S/C52H63ClN10O7/c1-51(2)49(52(3,4)50(51)70-39-12-8-35(32-54)41(53)31-39)56-45(65)33-6-9-36(10-7-33)61-27-25-59(26-28-61)20-5-29-69-38-18-23-62(24-19-38)47(67)34-16-21-60(22-17-34)37-11-13-42-40(30-37)48(68)63(58-57-42)43-14-15-44(64)55-46(43)66/h6-13,30-31,34,38,43,49-50H,5,14-29H2,1-4H3,(H,56,65)(H,55,64,66). The number of aromatic nitrogens is 3. The van der Waals surface area contributed by atoms with E-state index >= 15 is 0 Å². The third kappa shape index (κ3) is 10.1. The molecule has 9 rings (SSSR count). The average molecular weight is 976 g/mol. The summed E-state index contributed by atoms with van der Waals surface area (Å²) < 4.78 is 13.8. The molecule has 1 unspecified atom stereocenters. The van der Waals surface area contributed by atoms with Crippen LogP contribution in [-0.2, 0) is 19.1 Å². The number of imide groups is 1. The van der Waals surface area contributed by atoms with Gasteiger partial charge in [0.25, 0.3) is 17.4 Å². The van der Waals surface area contributed by atoms with Gasteiger partial charge in [-0.05, 0) is 93.1 Å². The van der Waals surface area contributed by atoms with Crippen molar-refractivity contribution in [1.82, 2.24) is 35.4 Å². The summed E-state index contributed by atoms with van der Waals surface area (Å²) in [5.41, 5.74) is 2.30. The molecule has 5 fully saturated rings. The molecule has 370 valence electrons. The Morgan fingerprint density at radius 1 is 0.843 bits per heavy atom. The number of nitrogens with one attached hydrogen (secondary N) is 2. The lowest BCUT2D eigenvalue weighted by atomic mass is 9.49. The van der Waals surface area contributed by atoms with E-state index in [2.05, 4.69) is 69.4 Å². The number of hydrogen-bond donors (Lipinski definition) is 2. The van der Waals surface area contributed by atoms with Crippen LogP contribution in [0.2, 0.25) is 5.02 Å². The predicted octanol–water partition coefficient (Wildman–Crippen LogP) is 5.34. The minimum absolute atomic E-state index is 0.0471. The van der Waals surface area contributed by atoms with Gasteiger partial charge in [0.1, 0.15) is 29.5 Å². The number of benzene rings is 3. The summed E-state index contributed by atoms with van der Waals surface area (Å²) in [5, 5.41) is 23.7. The van der Waals surface area contributed by atoms with Crippen molar-refractivity contribution >= 4 is 57.5 Å². The molecule has 5 heterocycles. The largest absolute Gasteiger partial charge is 0.489 e. The number of nitrogens with zero attached hydrogens (tertiary/aromatic N) is 8. The van der Waals surface area contributed by atoms with Gasteiger partial charge < -0.3 is 29.5 Å². The minimum atomic E-state index is -0.881. The third-order valence-electron chi connectivity index (χ3n) is 15.4. The Labute approximate surface area is 413 Å². The number of halogens is 1. The second-order valence-corrected chi connectivity index (χ2v) is 21.1. The van der Waals surface area contributed by atoms with E-state index in [1.54, 1.807) is 30.3 Å². The molecular formula is C52H63ClN10O7. The maximum absolute atomic E-state index is 13.6. The predicted molar refractivity (Wildman–Crippen MR) is 265 cm³/mol. The van der Waals surface area contributed by atoms with Crippen LogP contribution in [0.4, 0.5) is 11.4 Å². The summed E-state index contributed by atoms with van der Waals surface area (Å²) in [4.78, 5) is 73.7. The summed E-state index contributed by atoms with van der Waals surface area (Å²) in [6, 6.07) is 19.5. The van der Waals surface area contributed by atoms with Crippen LogP contribution >= 0.6 is 11.6 Å². The molecule has 4 amide bonds. The van der Waals surface area contributed by atoms with Gasteiger partial charge in [-0.2, -0.15) is 9.94 Å². The lowest BCUT2D eigenvalue weighted by molar-refractivity contribution is -0.164. The fourth-order valence-corrected chi connectivity index (χ4v) is 11.9. The first-order valence-electron chi connectivity index (χ1n) is 24.7. The van der Waals surface area contributed by atoms with Gasteiger partial charge in [0.2, 0.25) is 11.8 Å². The molecule has 0 spiro atoms. The summed E-state index contributed by atoms with van der Waals surface area (Å²) in [7, 11) is 0. The molecule has 4 aliphatic heterocycles. The molecule has 3 aromatic carbocycles. The van der Waals surface area contributed by atoms with Gasteiger partial charge in [-0.1, -0.05) is 44.5 Å². The van der Waals surface area contributed by atoms with Gasteiger partial charge in [0.05, 0.1) is 22.1 Å². The van der Waals surface area contributed by atoms with E-state index in [-0.39, 0.29) is 65.6 Å². The number of hydrogen-bond acceptors (Lipinski definition) is 13. The Morgan fingerprint density at radius 3 is 2.20 bits per heavy atom. The first kappa shape index (κ1) is 48.9. The van der Waals surface area contributed by atoms with Crippen molar-refractivity contribution in [1.29, 1.82) is 5.26 Å². The molecule has 70 heavy (non-hydrogen) atoms. The van der Waals surface area contributed by atoms with Crippen LogP contribution in [0.1, 0.15) is 94.6 Å². The molecule has 0 bridgehead atoms. The van der Waals surface area contributed by atoms with Crippen LogP contribution < -0.4 is 30.7 Å². The number of rotatable bonds is 13. The van der Waals surface area contributed by atoms with Gasteiger partial charge in [-0.15, -0.1) is 5.10 Å². The fourth-order valence-electron chi connectivity index (χ4n) is 11.6. The van der Waals surface area contributed by atoms with Crippen LogP contribution in [0.15, 0.2) is 65.5 Å². The second kappa shape index (κ2) is 20.3. The first-order chi connectivity index (χ1) is 33.6. The SMILES string of the molecule is CC1(C)C(NC(=O)c2ccc(N3CCN(CCCOC4CCN(C(=O)C5CCN(c6ccc7nnn(C8CCC(=O)NC8=O)c(=O)c7c6)CC5)CC4)CC3)cc2)C(C)(C)C1Oc1ccc(C#N)c(Cl)c1. The van der Waals surface area contributed by atoms with Crippen LogP contribution in [-0.4, -0.2) is 132 Å². The molecular weight excluding hydrogens is 912 g/mol. The number of nitriles is 1. The van der Waals surface area contributed by atoms with Crippen LogP contribution in [0.5, 0.6) is 5.75 Å². The number of ether oxygens (including phenoxy) is 2. The summed E-state index contributed by atoms with van der Waals surface area (Å²) in [6.07, 6.45) is 4.37. The van der Waals surface area contributed by atoms with E-state index < -0.39 is 17.5 Å². The molecule has 0 radical (unpaired) electrons. The second-order valence-electron chi connectivity index (χ2n) is 20.7. The smallest absolute Gasteiger partial charge is 0.278 e. The van der Waals surface area contributed by atoms with Crippen LogP contribution in [0.3, 0.4) is 0 Å². The molecule has 17 nitrogen and oxygen atoms in total. The van der Waals surface area contributed by atoms with Gasteiger partial charge >= 0.3 is 0 Å². The minimum Gasteiger partial charge on any atom is -0.489 e. The lowest BCUT2D eigenvalue weighted by Crippen LogP contribution is -2.74. The number of carbonyl (C=O) groups excluding carboxylic acids is 4. The van der Waals surface area contributed by atoms with E-state index in [9.17, 15) is 29.2 Å². The fraction of sp³-hybridized carbons (Fsp3) is 0.538. The highest BCUT2D eigenvalue weighted by Gasteiger charge is 2.64. The Bertz CT molecular complexity index is 2700. The Morgan fingerprint density at radius 2 is 1.53 bits per heavy atom. The van der Waals surface area contributed by atoms with E-state index in [4.69, 9.17) is 21.1 Å². The summed E-state index contributed by atoms with van der Waals surface area (Å²) in [6.45, 7) is 16.6. The number of likely N-dealkylation sites (tertiary alicyclic amines) is 1. The number of fused-ring (bicyclic) bond motifs is 1. The van der Waals surface area contributed by atoms with E-state index in [0.717, 1.165) is 80.9 Å². The van der Waals surface area contributed by atoms with Gasteiger partial charge in [0, 0.05) is 118 Å². The van der Waals surface area contributed by atoms with E-state index in [0.29, 0.717) is 65.6 Å². The topological polar surface area (TPSA) is 195 Å². The molecule has 1 aliphatic carbocycles. The maximum atomic E-state index is 13.6. The molecule has 18 heteroatoms. The van der Waals surface area contributed by atoms with Crippen LogP contribution in [0, 0.1) is 28.1 Å². The van der Waals surface area contributed by atoms with Gasteiger partial charge in [-0.3, -0.25) is 34.2 Å². The quantitative estimate of drug-likeness (QED) is 0.129. The monoisotopic (exact) mass is 974 g/mol. The zero-order chi connectivity index (χ0) is 49.3. The highest BCUT2D eigenvalue weighted by Crippen LogP contribution is 2.55. The van der Waals surface area contributed by atoms with Crippen molar-refractivity contribution in [3.05, 3.63) is 87.2 Å². The number of piperidine rings is 3. The van der Waals surface area contributed by atoms with Crippen molar-refractivity contribution < 1.29 is 28.7 Å². The van der Waals surface area contributed by atoms with Crippen molar-refractivity contribution in [2.24, 2.45) is 16.7 Å². The molecule has 2 N–H and O–H groups in total. The van der Waals surface area contributed by atoms with E-state index in [1.165, 1.54) is 0 Å². The zero-order valence-electron chi connectivity index (χ0n) is 40.5. The number of carbonyl (C=O) groups is 4. The number of piperazine rings is 1. The molecule has 1 saturated carbocycles. The van der Waals surface area contributed by atoms with Crippen molar-refractivity contribution in [3.8, 4) is 11.8 Å². The molecule has 4 aromatic rings. The van der Waals surface area contributed by atoms with Crippen LogP contribution in [0.25, 0.3) is 10.9 Å². The van der Waals surface area contributed by atoms with Crippen molar-refractivity contribution in [2.75, 3.05) is 75.3 Å². The number of amides is 4. The average Bonchev–Trinajstić information content (AvgIpc) is 3.36. The molecule has 5 aliphatic rings. The number of anilines is 2. The van der Waals surface area contributed by atoms with E-state index in [1.807, 2.05) is 35.2 Å².